The van der Waals surface area contributed by atoms with Gasteiger partial charge in [-0.05, 0) is 58.7 Å². The van der Waals surface area contributed by atoms with Gasteiger partial charge in [-0.25, -0.2) is 4.98 Å². The highest BCUT2D eigenvalue weighted by Gasteiger charge is 2.29. The number of hydrogen-bond donors (Lipinski definition) is 1. The molecule has 1 heterocycles. The molecule has 7 heteroatoms. The second-order valence-corrected chi connectivity index (χ2v) is 5.11. The molecule has 3 nitrogen and oxygen atoms in total. The van der Waals surface area contributed by atoms with Gasteiger partial charge in [0.25, 0.3) is 5.91 Å². The Kier molecular flexibility index (Phi) is 4.32. The highest BCUT2D eigenvalue weighted by molar-refractivity contribution is 9.10. The van der Waals surface area contributed by atoms with E-state index in [9.17, 15) is 18.0 Å². The maximum atomic E-state index is 12.4. The van der Waals surface area contributed by atoms with E-state index >= 15 is 0 Å². The molecule has 1 aromatic heterocycles. The summed E-state index contributed by atoms with van der Waals surface area (Å²) in [7, 11) is 0. The van der Waals surface area contributed by atoms with E-state index in [1.165, 1.54) is 18.3 Å². The Morgan fingerprint density at radius 1 is 1.24 bits per heavy atom. The van der Waals surface area contributed by atoms with Crippen LogP contribution in [0.2, 0.25) is 0 Å². The Balaban J connectivity index is 2.14. The van der Waals surface area contributed by atoms with Crippen LogP contribution >= 0.6 is 15.9 Å². The van der Waals surface area contributed by atoms with Crippen molar-refractivity contribution < 1.29 is 18.0 Å². The van der Waals surface area contributed by atoms with Crippen LogP contribution in [-0.4, -0.2) is 10.9 Å². The Bertz CT molecular complexity index is 669. The Morgan fingerprint density at radius 2 is 1.86 bits per heavy atom. The standard InChI is InChI=1S/C14H10BrF3N2O/c1-8-6-9(7-19-12(8)15)13(21)20-11-4-2-10(3-5-11)14(16,17)18/h2-7H,1H3,(H,20,21). The third-order valence-corrected chi connectivity index (χ3v) is 3.58. The molecule has 0 bridgehead atoms. The van der Waals surface area contributed by atoms with Gasteiger partial charge in [0.2, 0.25) is 0 Å². The minimum Gasteiger partial charge on any atom is -0.322 e. The smallest absolute Gasteiger partial charge is 0.322 e. The van der Waals surface area contributed by atoms with Gasteiger partial charge in [-0.1, -0.05) is 0 Å². The number of rotatable bonds is 2. The molecule has 1 amide bonds. The van der Waals surface area contributed by atoms with E-state index in [4.69, 9.17) is 0 Å². The summed E-state index contributed by atoms with van der Waals surface area (Å²) in [4.78, 5) is 16.0. The first kappa shape index (κ1) is 15.5. The molecule has 2 aromatic rings. The van der Waals surface area contributed by atoms with Crippen LogP contribution in [0.1, 0.15) is 21.5 Å². The van der Waals surface area contributed by atoms with Gasteiger partial charge >= 0.3 is 6.18 Å². The van der Waals surface area contributed by atoms with E-state index in [2.05, 4.69) is 26.2 Å². The maximum Gasteiger partial charge on any atom is 0.416 e. The van der Waals surface area contributed by atoms with Crippen molar-refractivity contribution in [2.75, 3.05) is 5.32 Å². The van der Waals surface area contributed by atoms with Crippen molar-refractivity contribution in [3.05, 3.63) is 57.8 Å². The molecule has 1 aromatic carbocycles. The number of pyridine rings is 1. The lowest BCUT2D eigenvalue weighted by Crippen LogP contribution is -2.13. The molecule has 21 heavy (non-hydrogen) atoms. The molecule has 0 saturated carbocycles. The summed E-state index contributed by atoms with van der Waals surface area (Å²) < 4.78 is 37.9. The zero-order chi connectivity index (χ0) is 15.6. The Morgan fingerprint density at radius 3 is 2.38 bits per heavy atom. The molecule has 0 aliphatic rings. The second kappa shape index (κ2) is 5.85. The first-order valence-electron chi connectivity index (χ1n) is 5.88. The third-order valence-electron chi connectivity index (χ3n) is 2.75. The molecule has 0 aliphatic carbocycles. The van der Waals surface area contributed by atoms with Crippen molar-refractivity contribution in [3.63, 3.8) is 0 Å². The third kappa shape index (κ3) is 3.81. The summed E-state index contributed by atoms with van der Waals surface area (Å²) in [6.07, 6.45) is -3.01. The van der Waals surface area contributed by atoms with Crippen LogP contribution in [0.3, 0.4) is 0 Å². The summed E-state index contributed by atoms with van der Waals surface area (Å²) in [5.41, 5.74) is 0.640. The van der Waals surface area contributed by atoms with E-state index in [-0.39, 0.29) is 5.69 Å². The number of carbonyl (C=O) groups is 1. The fraction of sp³-hybridized carbons (Fsp3) is 0.143. The SMILES string of the molecule is Cc1cc(C(=O)Nc2ccc(C(F)(F)F)cc2)cnc1Br. The molecule has 0 fully saturated rings. The first-order chi connectivity index (χ1) is 9.77. The fourth-order valence-corrected chi connectivity index (χ4v) is 1.84. The number of hydrogen-bond acceptors (Lipinski definition) is 2. The minimum atomic E-state index is -4.39. The van der Waals surface area contributed by atoms with Crippen molar-refractivity contribution >= 4 is 27.5 Å². The number of aromatic nitrogens is 1. The van der Waals surface area contributed by atoms with Crippen molar-refractivity contribution in [3.8, 4) is 0 Å². The van der Waals surface area contributed by atoms with Crippen molar-refractivity contribution in [2.24, 2.45) is 0 Å². The van der Waals surface area contributed by atoms with E-state index in [1.54, 1.807) is 13.0 Å². The molecule has 110 valence electrons. The van der Waals surface area contributed by atoms with E-state index in [0.717, 1.165) is 17.7 Å². The van der Waals surface area contributed by atoms with Gasteiger partial charge in [-0.2, -0.15) is 13.2 Å². The van der Waals surface area contributed by atoms with Gasteiger partial charge in [-0.15, -0.1) is 0 Å². The number of benzene rings is 1. The van der Waals surface area contributed by atoms with Gasteiger partial charge in [0.05, 0.1) is 11.1 Å². The summed E-state index contributed by atoms with van der Waals surface area (Å²) in [5, 5.41) is 2.52. The average Bonchev–Trinajstić information content (AvgIpc) is 2.41. The molecular formula is C14H10BrF3N2O. The van der Waals surface area contributed by atoms with Gasteiger partial charge in [-0.3, -0.25) is 4.79 Å². The van der Waals surface area contributed by atoms with Crippen molar-refractivity contribution in [2.45, 2.75) is 13.1 Å². The van der Waals surface area contributed by atoms with Crippen LogP contribution in [0.25, 0.3) is 0 Å². The summed E-state index contributed by atoms with van der Waals surface area (Å²) in [6.45, 7) is 1.78. The van der Waals surface area contributed by atoms with Crippen LogP contribution in [0.5, 0.6) is 0 Å². The molecule has 0 unspecified atom stereocenters. The highest BCUT2D eigenvalue weighted by atomic mass is 79.9. The summed E-state index contributed by atoms with van der Waals surface area (Å²) >= 11 is 3.22. The lowest BCUT2D eigenvalue weighted by molar-refractivity contribution is -0.137. The maximum absolute atomic E-state index is 12.4. The number of amides is 1. The first-order valence-corrected chi connectivity index (χ1v) is 6.67. The lowest BCUT2D eigenvalue weighted by atomic mass is 10.2. The zero-order valence-corrected chi connectivity index (χ0v) is 12.4. The lowest BCUT2D eigenvalue weighted by Gasteiger charge is -2.09. The van der Waals surface area contributed by atoms with Gasteiger partial charge < -0.3 is 5.32 Å². The number of aryl methyl sites for hydroxylation is 1. The van der Waals surface area contributed by atoms with Crippen LogP contribution < -0.4 is 5.32 Å². The molecule has 0 aliphatic heterocycles. The molecule has 0 atom stereocenters. The van der Waals surface area contributed by atoms with Crippen LogP contribution in [-0.2, 0) is 6.18 Å². The predicted molar refractivity (Wildman–Crippen MR) is 76.1 cm³/mol. The molecule has 0 radical (unpaired) electrons. The predicted octanol–water partition coefficient (Wildman–Crippen LogP) is 4.42. The van der Waals surface area contributed by atoms with Crippen LogP contribution in [0, 0.1) is 6.92 Å². The van der Waals surface area contributed by atoms with Crippen LogP contribution in [0.15, 0.2) is 41.1 Å². The van der Waals surface area contributed by atoms with Crippen molar-refractivity contribution in [1.29, 1.82) is 0 Å². The fourth-order valence-electron chi connectivity index (χ4n) is 1.63. The second-order valence-electron chi connectivity index (χ2n) is 4.36. The topological polar surface area (TPSA) is 42.0 Å². The molecule has 0 spiro atoms. The minimum absolute atomic E-state index is 0.286. The number of nitrogens with zero attached hydrogens (tertiary/aromatic N) is 1. The van der Waals surface area contributed by atoms with Crippen LogP contribution in [0.4, 0.5) is 18.9 Å². The number of alkyl halides is 3. The van der Waals surface area contributed by atoms with E-state index in [0.29, 0.717) is 10.2 Å². The summed E-state index contributed by atoms with van der Waals surface area (Å²) in [5.74, 6) is -0.433. The van der Waals surface area contributed by atoms with E-state index in [1.807, 2.05) is 0 Å². The van der Waals surface area contributed by atoms with Gasteiger partial charge in [0, 0.05) is 11.9 Å². The molecule has 2 rings (SSSR count). The largest absolute Gasteiger partial charge is 0.416 e. The normalized spacial score (nSPS) is 11.3. The number of carbonyl (C=O) groups excluding carboxylic acids is 1. The van der Waals surface area contributed by atoms with E-state index < -0.39 is 17.6 Å². The zero-order valence-electron chi connectivity index (χ0n) is 10.8. The highest BCUT2D eigenvalue weighted by Crippen LogP contribution is 2.29. The van der Waals surface area contributed by atoms with Gasteiger partial charge in [0.15, 0.2) is 0 Å². The Labute approximate surface area is 127 Å². The van der Waals surface area contributed by atoms with Crippen molar-refractivity contribution in [1.82, 2.24) is 4.98 Å². The summed E-state index contributed by atoms with van der Waals surface area (Å²) in [6, 6.07) is 5.89. The Hall–Kier alpha value is -1.89. The number of halogens is 4. The monoisotopic (exact) mass is 358 g/mol. The number of nitrogens with one attached hydrogen (secondary N) is 1. The molecule has 1 N–H and O–H groups in total. The molecule has 0 saturated heterocycles. The quantitative estimate of drug-likeness (QED) is 0.807. The van der Waals surface area contributed by atoms with Gasteiger partial charge in [0.1, 0.15) is 4.60 Å². The average molecular weight is 359 g/mol. The number of anilines is 1. The molecular weight excluding hydrogens is 349 g/mol.